The molecule has 1 amide bonds. The zero-order valence-corrected chi connectivity index (χ0v) is 14.8. The van der Waals surface area contributed by atoms with Crippen molar-refractivity contribution in [2.75, 3.05) is 19.7 Å². The second-order valence-electron chi connectivity index (χ2n) is 6.08. The fourth-order valence-electron chi connectivity index (χ4n) is 3.01. The van der Waals surface area contributed by atoms with Gasteiger partial charge in [0, 0.05) is 19.3 Å². The van der Waals surface area contributed by atoms with Crippen molar-refractivity contribution in [2.24, 2.45) is 0 Å². The van der Waals surface area contributed by atoms with Crippen LogP contribution in [0.2, 0.25) is 0 Å². The number of benzene rings is 1. The third kappa shape index (κ3) is 3.23. The lowest BCUT2D eigenvalue weighted by atomic mass is 10.1. The highest BCUT2D eigenvalue weighted by Crippen LogP contribution is 2.29. The van der Waals surface area contributed by atoms with E-state index in [4.69, 9.17) is 9.84 Å². The molecule has 6 heteroatoms. The van der Waals surface area contributed by atoms with Gasteiger partial charge in [0.25, 0.3) is 5.91 Å². The minimum atomic E-state index is 0.0146. The summed E-state index contributed by atoms with van der Waals surface area (Å²) in [4.78, 5) is 16.0. The average Bonchev–Trinajstić information content (AvgIpc) is 3.31. The third-order valence-electron chi connectivity index (χ3n) is 4.25. The molecule has 0 bridgehead atoms. The van der Waals surface area contributed by atoms with Crippen LogP contribution < -0.4 is 0 Å². The molecular formula is C19H19N3O2S. The van der Waals surface area contributed by atoms with Crippen molar-refractivity contribution in [3.05, 3.63) is 59.6 Å². The molecule has 0 spiro atoms. The molecule has 0 saturated carbocycles. The van der Waals surface area contributed by atoms with E-state index in [1.807, 2.05) is 65.9 Å². The topological polar surface area (TPSA) is 47.4 Å². The highest BCUT2D eigenvalue weighted by Gasteiger charge is 2.27. The van der Waals surface area contributed by atoms with Crippen LogP contribution in [-0.4, -0.2) is 46.4 Å². The molecule has 25 heavy (non-hydrogen) atoms. The zero-order valence-electron chi connectivity index (χ0n) is 14.0. The van der Waals surface area contributed by atoms with Crippen molar-refractivity contribution in [2.45, 2.75) is 13.0 Å². The predicted octanol–water partition coefficient (Wildman–Crippen LogP) is 3.46. The van der Waals surface area contributed by atoms with Crippen molar-refractivity contribution in [1.82, 2.24) is 14.7 Å². The van der Waals surface area contributed by atoms with Crippen molar-refractivity contribution >= 4 is 17.2 Å². The molecule has 3 aromatic rings. The highest BCUT2D eigenvalue weighted by molar-refractivity contribution is 7.13. The van der Waals surface area contributed by atoms with Crippen LogP contribution in [0.3, 0.4) is 0 Å². The fourth-order valence-corrected chi connectivity index (χ4v) is 3.74. The Labute approximate surface area is 150 Å². The largest absolute Gasteiger partial charge is 0.375 e. The Morgan fingerprint density at radius 2 is 2.08 bits per heavy atom. The molecule has 0 N–H and O–H groups in total. The van der Waals surface area contributed by atoms with Gasteiger partial charge in [0.2, 0.25) is 0 Å². The van der Waals surface area contributed by atoms with E-state index < -0.39 is 0 Å². The number of hydrogen-bond donors (Lipinski definition) is 0. The summed E-state index contributed by atoms with van der Waals surface area (Å²) in [5, 5.41) is 6.71. The van der Waals surface area contributed by atoms with Crippen molar-refractivity contribution in [3.63, 3.8) is 0 Å². The molecule has 1 fully saturated rings. The average molecular weight is 353 g/mol. The minimum Gasteiger partial charge on any atom is -0.375 e. The van der Waals surface area contributed by atoms with E-state index in [1.165, 1.54) is 0 Å². The van der Waals surface area contributed by atoms with Gasteiger partial charge in [-0.2, -0.15) is 5.10 Å². The van der Waals surface area contributed by atoms with Crippen LogP contribution >= 0.6 is 11.3 Å². The molecule has 1 aliphatic rings. The number of rotatable bonds is 3. The van der Waals surface area contributed by atoms with Gasteiger partial charge < -0.3 is 9.64 Å². The fraction of sp³-hybridized carbons (Fsp3) is 0.263. The zero-order chi connectivity index (χ0) is 17.2. The highest BCUT2D eigenvalue weighted by atomic mass is 32.1. The number of para-hydroxylation sites is 1. The molecule has 4 rings (SSSR count). The van der Waals surface area contributed by atoms with Gasteiger partial charge in [0.1, 0.15) is 5.69 Å². The number of carbonyl (C=O) groups is 1. The van der Waals surface area contributed by atoms with E-state index in [1.54, 1.807) is 16.0 Å². The van der Waals surface area contributed by atoms with E-state index in [0.717, 1.165) is 16.3 Å². The van der Waals surface area contributed by atoms with Gasteiger partial charge in [-0.05, 0) is 30.5 Å². The van der Waals surface area contributed by atoms with E-state index in [9.17, 15) is 4.79 Å². The third-order valence-corrected chi connectivity index (χ3v) is 5.12. The Bertz CT molecular complexity index is 858. The number of carbonyl (C=O) groups excluding carboxylic acids is 1. The van der Waals surface area contributed by atoms with Crippen LogP contribution in [0.15, 0.2) is 54.0 Å². The van der Waals surface area contributed by atoms with E-state index in [0.29, 0.717) is 25.3 Å². The molecule has 0 unspecified atom stereocenters. The molecule has 1 aliphatic heterocycles. The maximum atomic E-state index is 13.1. The summed E-state index contributed by atoms with van der Waals surface area (Å²) in [6.07, 6.45) is 1.90. The van der Waals surface area contributed by atoms with Gasteiger partial charge in [-0.3, -0.25) is 4.79 Å². The summed E-state index contributed by atoms with van der Waals surface area (Å²) in [6.45, 7) is 3.80. The minimum absolute atomic E-state index is 0.0146. The molecule has 3 heterocycles. The number of aromatic nitrogens is 2. The monoisotopic (exact) mass is 353 g/mol. The molecule has 0 aliphatic carbocycles. The van der Waals surface area contributed by atoms with Gasteiger partial charge in [-0.15, -0.1) is 11.3 Å². The SMILES string of the molecule is C[C@@H]1CN(C(=O)c2cn(-c3ccccc3)nc2-c2cccs2)CCO1. The first kappa shape index (κ1) is 16.1. The number of hydrogen-bond acceptors (Lipinski definition) is 4. The van der Waals surface area contributed by atoms with Crippen LogP contribution in [0.25, 0.3) is 16.3 Å². The summed E-state index contributed by atoms with van der Waals surface area (Å²) in [5.41, 5.74) is 2.32. The van der Waals surface area contributed by atoms with Gasteiger partial charge in [-0.25, -0.2) is 4.68 Å². The first-order chi connectivity index (χ1) is 12.2. The van der Waals surface area contributed by atoms with Crippen LogP contribution in [0, 0.1) is 0 Å². The number of ether oxygens (including phenoxy) is 1. The smallest absolute Gasteiger partial charge is 0.257 e. The van der Waals surface area contributed by atoms with Crippen LogP contribution in [0.1, 0.15) is 17.3 Å². The maximum absolute atomic E-state index is 13.1. The predicted molar refractivity (Wildman–Crippen MR) is 98.2 cm³/mol. The van der Waals surface area contributed by atoms with Gasteiger partial charge in [0.05, 0.1) is 28.8 Å². The van der Waals surface area contributed by atoms with Gasteiger partial charge in [-0.1, -0.05) is 24.3 Å². The van der Waals surface area contributed by atoms with E-state index in [2.05, 4.69) is 0 Å². The molecule has 0 radical (unpaired) electrons. The summed E-state index contributed by atoms with van der Waals surface area (Å²) in [7, 11) is 0. The van der Waals surface area contributed by atoms with Crippen molar-refractivity contribution in [1.29, 1.82) is 0 Å². The Morgan fingerprint density at radius 1 is 1.24 bits per heavy atom. The Kier molecular flexibility index (Phi) is 4.38. The van der Waals surface area contributed by atoms with Crippen molar-refractivity contribution in [3.8, 4) is 16.3 Å². The lowest BCUT2D eigenvalue weighted by Crippen LogP contribution is -2.44. The Balaban J connectivity index is 1.75. The molecule has 1 aromatic carbocycles. The Hall–Kier alpha value is -2.44. The van der Waals surface area contributed by atoms with Crippen molar-refractivity contribution < 1.29 is 9.53 Å². The summed E-state index contributed by atoms with van der Waals surface area (Å²) in [5.74, 6) is 0.0146. The number of nitrogens with zero attached hydrogens (tertiary/aromatic N) is 3. The number of thiophene rings is 1. The van der Waals surface area contributed by atoms with Crippen LogP contribution in [0.5, 0.6) is 0 Å². The second kappa shape index (κ2) is 6.82. The van der Waals surface area contributed by atoms with Gasteiger partial charge >= 0.3 is 0 Å². The standard InChI is InChI=1S/C19H19N3O2S/c1-14-12-21(9-10-24-14)19(23)16-13-22(15-6-3-2-4-7-15)20-18(16)17-8-5-11-25-17/h2-8,11,13-14H,9-10,12H2,1H3/t14-/m1/s1. The van der Waals surface area contributed by atoms with E-state index in [-0.39, 0.29) is 12.0 Å². The lowest BCUT2D eigenvalue weighted by Gasteiger charge is -2.31. The molecule has 1 saturated heterocycles. The molecular weight excluding hydrogens is 334 g/mol. The van der Waals surface area contributed by atoms with E-state index >= 15 is 0 Å². The molecule has 1 atom stereocenters. The van der Waals surface area contributed by atoms with Crippen LogP contribution in [-0.2, 0) is 4.74 Å². The lowest BCUT2D eigenvalue weighted by molar-refractivity contribution is -0.0123. The Morgan fingerprint density at radius 3 is 2.80 bits per heavy atom. The molecule has 5 nitrogen and oxygen atoms in total. The summed E-state index contributed by atoms with van der Waals surface area (Å²) < 4.78 is 7.34. The summed E-state index contributed by atoms with van der Waals surface area (Å²) in [6, 6.07) is 13.8. The molecule has 2 aromatic heterocycles. The first-order valence-electron chi connectivity index (χ1n) is 8.32. The first-order valence-corrected chi connectivity index (χ1v) is 9.20. The van der Waals surface area contributed by atoms with Crippen LogP contribution in [0.4, 0.5) is 0 Å². The quantitative estimate of drug-likeness (QED) is 0.724. The summed E-state index contributed by atoms with van der Waals surface area (Å²) >= 11 is 1.59. The number of morpholine rings is 1. The molecule has 128 valence electrons. The maximum Gasteiger partial charge on any atom is 0.257 e. The number of amides is 1. The van der Waals surface area contributed by atoms with Gasteiger partial charge in [0.15, 0.2) is 0 Å². The second-order valence-corrected chi connectivity index (χ2v) is 7.03. The normalized spacial score (nSPS) is 17.6.